The summed E-state index contributed by atoms with van der Waals surface area (Å²) >= 11 is 0. The van der Waals surface area contributed by atoms with Gasteiger partial charge in [0.2, 0.25) is 5.95 Å². The van der Waals surface area contributed by atoms with Gasteiger partial charge in [-0.15, -0.1) is 0 Å². The predicted octanol–water partition coefficient (Wildman–Crippen LogP) is 3.20. The molecule has 0 radical (unpaired) electrons. The van der Waals surface area contributed by atoms with Gasteiger partial charge in [-0.1, -0.05) is 0 Å². The first-order chi connectivity index (χ1) is 12.9. The van der Waals surface area contributed by atoms with Crippen molar-refractivity contribution in [2.24, 2.45) is 0 Å². The number of amides is 1. The van der Waals surface area contributed by atoms with Gasteiger partial charge in [0.1, 0.15) is 5.69 Å². The molecule has 1 aliphatic rings. The summed E-state index contributed by atoms with van der Waals surface area (Å²) in [5.74, 6) is -4.51. The molecule has 0 spiro atoms. The largest absolute Gasteiger partial charge is 0.361 e. The van der Waals surface area contributed by atoms with Crippen molar-refractivity contribution in [1.82, 2.24) is 9.97 Å². The van der Waals surface area contributed by atoms with Gasteiger partial charge in [0.05, 0.1) is 11.8 Å². The third kappa shape index (κ3) is 3.96. The fraction of sp³-hybridized carbons (Fsp3) is 0.389. The maximum absolute atomic E-state index is 13.9. The van der Waals surface area contributed by atoms with Crippen LogP contribution in [0.4, 0.5) is 30.6 Å². The zero-order chi connectivity index (χ0) is 19.6. The number of rotatable bonds is 4. The highest BCUT2D eigenvalue weighted by molar-refractivity contribution is 6.05. The fourth-order valence-corrected chi connectivity index (χ4v) is 2.93. The molecule has 9 heteroatoms. The lowest BCUT2D eigenvalue weighted by Gasteiger charge is -2.28. The number of hydrogen-bond donors (Lipinski definition) is 1. The molecule has 0 atom stereocenters. The summed E-state index contributed by atoms with van der Waals surface area (Å²) in [5, 5.41) is 2.47. The zero-order valence-corrected chi connectivity index (χ0v) is 15.1. The van der Waals surface area contributed by atoms with Crippen LogP contribution in [-0.4, -0.2) is 43.1 Å². The minimum absolute atomic E-state index is 0.245. The van der Waals surface area contributed by atoms with E-state index in [1.807, 2.05) is 0 Å². The molecule has 0 unspecified atom stereocenters. The summed E-state index contributed by atoms with van der Waals surface area (Å²) in [4.78, 5) is 24.9. The molecule has 1 N–H and O–H groups in total. The van der Waals surface area contributed by atoms with E-state index < -0.39 is 28.9 Å². The van der Waals surface area contributed by atoms with E-state index in [1.54, 1.807) is 19.0 Å². The van der Waals surface area contributed by atoms with Crippen LogP contribution in [0.25, 0.3) is 0 Å². The molecule has 1 aliphatic heterocycles. The Labute approximate surface area is 155 Å². The Morgan fingerprint density at radius 2 is 1.81 bits per heavy atom. The van der Waals surface area contributed by atoms with Crippen LogP contribution < -0.4 is 15.1 Å². The summed E-state index contributed by atoms with van der Waals surface area (Å²) in [7, 11) is 3.49. The minimum atomic E-state index is -1.69. The van der Waals surface area contributed by atoms with Crippen molar-refractivity contribution < 1.29 is 18.0 Å². The van der Waals surface area contributed by atoms with Crippen molar-refractivity contribution in [1.29, 1.82) is 0 Å². The molecule has 1 fully saturated rings. The number of piperidine rings is 1. The number of nitrogens with zero attached hydrogens (tertiary/aromatic N) is 4. The van der Waals surface area contributed by atoms with E-state index >= 15 is 0 Å². The number of anilines is 3. The van der Waals surface area contributed by atoms with Gasteiger partial charge in [0, 0.05) is 27.2 Å². The van der Waals surface area contributed by atoms with Crippen LogP contribution in [0.3, 0.4) is 0 Å². The minimum Gasteiger partial charge on any atom is -0.361 e. The SMILES string of the molecule is CN(C)c1nc(N2CCCCC2)ncc1NC(=O)c1ccc(F)c(F)c1F. The lowest BCUT2D eigenvalue weighted by molar-refractivity contribution is 0.102. The Bertz CT molecular complexity index is 853. The van der Waals surface area contributed by atoms with Crippen LogP contribution in [0.2, 0.25) is 0 Å². The second-order valence-corrected chi connectivity index (χ2v) is 6.53. The number of carbonyl (C=O) groups is 1. The summed E-state index contributed by atoms with van der Waals surface area (Å²) in [6.07, 6.45) is 4.73. The average molecular weight is 379 g/mol. The molecule has 27 heavy (non-hydrogen) atoms. The van der Waals surface area contributed by atoms with Gasteiger partial charge in [0.25, 0.3) is 5.91 Å². The second-order valence-electron chi connectivity index (χ2n) is 6.53. The summed E-state index contributed by atoms with van der Waals surface area (Å²) in [5.41, 5.74) is -0.353. The molecular weight excluding hydrogens is 359 g/mol. The van der Waals surface area contributed by atoms with Crippen LogP contribution in [0.5, 0.6) is 0 Å². The van der Waals surface area contributed by atoms with Crippen LogP contribution in [0.1, 0.15) is 29.6 Å². The summed E-state index contributed by atoms with van der Waals surface area (Å²) < 4.78 is 40.3. The van der Waals surface area contributed by atoms with Crippen molar-refractivity contribution in [3.8, 4) is 0 Å². The van der Waals surface area contributed by atoms with Gasteiger partial charge in [0.15, 0.2) is 23.3 Å². The first-order valence-corrected chi connectivity index (χ1v) is 8.62. The highest BCUT2D eigenvalue weighted by atomic mass is 19.2. The molecule has 2 heterocycles. The van der Waals surface area contributed by atoms with E-state index in [4.69, 9.17) is 0 Å². The van der Waals surface area contributed by atoms with Crippen LogP contribution in [0.15, 0.2) is 18.3 Å². The van der Waals surface area contributed by atoms with Crippen LogP contribution in [-0.2, 0) is 0 Å². The Hall–Kier alpha value is -2.84. The van der Waals surface area contributed by atoms with E-state index in [1.165, 1.54) is 12.6 Å². The Morgan fingerprint density at radius 3 is 2.48 bits per heavy atom. The third-order valence-corrected chi connectivity index (χ3v) is 4.35. The topological polar surface area (TPSA) is 61.4 Å². The number of aromatic nitrogens is 2. The van der Waals surface area contributed by atoms with E-state index in [0.717, 1.165) is 32.0 Å². The molecule has 1 aromatic heterocycles. The monoisotopic (exact) mass is 379 g/mol. The van der Waals surface area contributed by atoms with Crippen LogP contribution in [0, 0.1) is 17.5 Å². The molecule has 1 saturated heterocycles. The number of nitrogens with one attached hydrogen (secondary N) is 1. The maximum Gasteiger partial charge on any atom is 0.258 e. The predicted molar refractivity (Wildman–Crippen MR) is 96.7 cm³/mol. The molecule has 144 valence electrons. The lowest BCUT2D eigenvalue weighted by atomic mass is 10.1. The molecule has 1 amide bonds. The van der Waals surface area contributed by atoms with Crippen molar-refractivity contribution in [3.63, 3.8) is 0 Å². The Morgan fingerprint density at radius 1 is 1.11 bits per heavy atom. The van der Waals surface area contributed by atoms with E-state index in [-0.39, 0.29) is 5.69 Å². The highest BCUT2D eigenvalue weighted by Gasteiger charge is 2.22. The molecule has 3 rings (SSSR count). The smallest absolute Gasteiger partial charge is 0.258 e. The molecule has 1 aromatic carbocycles. The van der Waals surface area contributed by atoms with Crippen molar-refractivity contribution in [2.45, 2.75) is 19.3 Å². The number of hydrogen-bond acceptors (Lipinski definition) is 5. The van der Waals surface area contributed by atoms with E-state index in [2.05, 4.69) is 20.2 Å². The van der Waals surface area contributed by atoms with E-state index in [9.17, 15) is 18.0 Å². The van der Waals surface area contributed by atoms with Gasteiger partial charge in [-0.25, -0.2) is 18.2 Å². The van der Waals surface area contributed by atoms with Gasteiger partial charge < -0.3 is 15.1 Å². The first-order valence-electron chi connectivity index (χ1n) is 8.62. The molecule has 2 aromatic rings. The highest BCUT2D eigenvalue weighted by Crippen LogP contribution is 2.26. The van der Waals surface area contributed by atoms with Gasteiger partial charge >= 0.3 is 0 Å². The van der Waals surface area contributed by atoms with Gasteiger partial charge in [-0.2, -0.15) is 4.98 Å². The molecule has 6 nitrogen and oxygen atoms in total. The number of carbonyl (C=O) groups excluding carboxylic acids is 1. The normalized spacial score (nSPS) is 14.2. The molecule has 0 saturated carbocycles. The zero-order valence-electron chi connectivity index (χ0n) is 15.1. The van der Waals surface area contributed by atoms with Crippen LogP contribution >= 0.6 is 0 Å². The first kappa shape index (κ1) is 18.9. The van der Waals surface area contributed by atoms with Gasteiger partial charge in [-0.3, -0.25) is 4.79 Å². The summed E-state index contributed by atoms with van der Waals surface area (Å²) in [6.45, 7) is 1.72. The third-order valence-electron chi connectivity index (χ3n) is 4.35. The quantitative estimate of drug-likeness (QED) is 0.827. The van der Waals surface area contributed by atoms with Crippen molar-refractivity contribution in [3.05, 3.63) is 41.3 Å². The Kier molecular flexibility index (Phi) is 5.48. The second kappa shape index (κ2) is 7.81. The summed E-state index contributed by atoms with van der Waals surface area (Å²) in [6, 6.07) is 1.59. The standard InChI is InChI=1S/C18H20F3N5O/c1-25(2)16-13(10-22-18(24-16)26-8-4-3-5-9-26)23-17(27)11-6-7-12(19)15(21)14(11)20/h6-7,10H,3-5,8-9H2,1-2H3,(H,23,27). The van der Waals surface area contributed by atoms with Gasteiger partial charge in [-0.05, 0) is 31.4 Å². The number of halogens is 3. The fourth-order valence-electron chi connectivity index (χ4n) is 2.93. The maximum atomic E-state index is 13.9. The number of benzene rings is 1. The Balaban J connectivity index is 1.87. The molecular formula is C18H20F3N5O. The molecule has 0 bridgehead atoms. The molecule has 0 aliphatic carbocycles. The average Bonchev–Trinajstić information content (AvgIpc) is 2.67. The van der Waals surface area contributed by atoms with E-state index in [0.29, 0.717) is 17.8 Å². The van der Waals surface area contributed by atoms with Crippen molar-refractivity contribution >= 4 is 23.4 Å². The lowest BCUT2D eigenvalue weighted by Crippen LogP contribution is -2.31. The van der Waals surface area contributed by atoms with Crippen molar-refractivity contribution in [2.75, 3.05) is 42.3 Å².